The Hall–Kier alpha value is -2.96. The molecule has 1 N–H and O–H groups in total. The Morgan fingerprint density at radius 3 is 2.59 bits per heavy atom. The number of unbranched alkanes of at least 4 members (excludes halogenated alkanes) is 1. The molecular formula is C20H23N3O4. The summed E-state index contributed by atoms with van der Waals surface area (Å²) in [5.74, 6) is -0.325. The van der Waals surface area contributed by atoms with Crippen molar-refractivity contribution < 1.29 is 14.3 Å². The zero-order chi connectivity index (χ0) is 19.2. The number of benzene rings is 1. The molecular weight excluding hydrogens is 346 g/mol. The lowest BCUT2D eigenvalue weighted by atomic mass is 10.2. The van der Waals surface area contributed by atoms with Crippen LogP contribution in [0.3, 0.4) is 0 Å². The van der Waals surface area contributed by atoms with Crippen LogP contribution in [0.25, 0.3) is 0 Å². The van der Waals surface area contributed by atoms with Crippen molar-refractivity contribution in [3.63, 3.8) is 0 Å². The van der Waals surface area contributed by atoms with E-state index in [4.69, 9.17) is 4.74 Å². The van der Waals surface area contributed by atoms with Gasteiger partial charge in [0.1, 0.15) is 6.54 Å². The largest absolute Gasteiger partial charge is 0.462 e. The summed E-state index contributed by atoms with van der Waals surface area (Å²) < 4.78 is 6.33. The van der Waals surface area contributed by atoms with Crippen LogP contribution in [0, 0.1) is 0 Å². The fraction of sp³-hybridized carbons (Fsp3) is 0.400. The lowest BCUT2D eigenvalue weighted by Gasteiger charge is -2.09. The number of esters is 1. The van der Waals surface area contributed by atoms with Crippen LogP contribution in [0.5, 0.6) is 0 Å². The van der Waals surface area contributed by atoms with E-state index < -0.39 is 0 Å². The van der Waals surface area contributed by atoms with Crippen molar-refractivity contribution in [2.75, 3.05) is 11.9 Å². The number of nitrogens with zero attached hydrogens (tertiary/aromatic N) is 2. The van der Waals surface area contributed by atoms with Crippen LogP contribution in [0.1, 0.15) is 54.6 Å². The van der Waals surface area contributed by atoms with Gasteiger partial charge in [-0.2, -0.15) is 5.10 Å². The van der Waals surface area contributed by atoms with E-state index in [0.29, 0.717) is 23.8 Å². The minimum Gasteiger partial charge on any atom is -0.462 e. The zero-order valence-electron chi connectivity index (χ0n) is 15.3. The molecule has 7 heteroatoms. The van der Waals surface area contributed by atoms with Gasteiger partial charge in [-0.05, 0) is 49.6 Å². The smallest absolute Gasteiger partial charge is 0.338 e. The fourth-order valence-corrected chi connectivity index (χ4v) is 2.59. The molecule has 27 heavy (non-hydrogen) atoms. The fourth-order valence-electron chi connectivity index (χ4n) is 2.59. The predicted octanol–water partition coefficient (Wildman–Crippen LogP) is 2.72. The van der Waals surface area contributed by atoms with E-state index in [1.54, 1.807) is 30.3 Å². The van der Waals surface area contributed by atoms with Gasteiger partial charge in [0, 0.05) is 17.7 Å². The molecule has 0 spiro atoms. The molecule has 1 aromatic heterocycles. The highest BCUT2D eigenvalue weighted by molar-refractivity contribution is 5.92. The number of hydrogen-bond acceptors (Lipinski definition) is 5. The summed E-state index contributed by atoms with van der Waals surface area (Å²) >= 11 is 0. The molecule has 1 fully saturated rings. The number of carbonyl (C=O) groups is 2. The van der Waals surface area contributed by atoms with Gasteiger partial charge < -0.3 is 10.1 Å². The first-order valence-electron chi connectivity index (χ1n) is 9.22. The molecule has 0 saturated heterocycles. The molecule has 1 aliphatic rings. The molecule has 7 nitrogen and oxygen atoms in total. The van der Waals surface area contributed by atoms with E-state index >= 15 is 0 Å². The molecule has 0 bridgehead atoms. The van der Waals surface area contributed by atoms with Crippen LogP contribution in [-0.2, 0) is 16.1 Å². The number of hydrogen-bond donors (Lipinski definition) is 1. The standard InChI is InChI=1S/C20H23N3O4/c1-2-3-12-27-20(26)15-6-8-16(9-7-15)21-18(24)13-23-19(25)11-10-17(22-23)14-4-5-14/h6-11,14H,2-5,12-13H2,1H3,(H,21,24). The number of carbonyl (C=O) groups excluding carboxylic acids is 2. The van der Waals surface area contributed by atoms with E-state index in [1.165, 1.54) is 10.7 Å². The van der Waals surface area contributed by atoms with Crippen molar-refractivity contribution in [3.05, 3.63) is 58.0 Å². The summed E-state index contributed by atoms with van der Waals surface area (Å²) in [4.78, 5) is 36.0. The van der Waals surface area contributed by atoms with Crippen molar-refractivity contribution in [3.8, 4) is 0 Å². The normalized spacial score (nSPS) is 13.2. The minimum atomic E-state index is -0.381. The van der Waals surface area contributed by atoms with E-state index in [0.717, 1.165) is 31.4 Å². The lowest BCUT2D eigenvalue weighted by Crippen LogP contribution is -2.29. The van der Waals surface area contributed by atoms with E-state index in [9.17, 15) is 14.4 Å². The van der Waals surface area contributed by atoms with Gasteiger partial charge in [-0.1, -0.05) is 13.3 Å². The summed E-state index contributed by atoms with van der Waals surface area (Å²) in [5, 5.41) is 6.98. The molecule has 0 aliphatic heterocycles. The van der Waals surface area contributed by atoms with Crippen molar-refractivity contribution in [1.82, 2.24) is 9.78 Å². The summed E-state index contributed by atoms with van der Waals surface area (Å²) in [7, 11) is 0. The molecule has 142 valence electrons. The SMILES string of the molecule is CCCCOC(=O)c1ccc(NC(=O)Cn2nc(C3CC3)ccc2=O)cc1. The van der Waals surface area contributed by atoms with Gasteiger partial charge in [-0.15, -0.1) is 0 Å². The molecule has 1 saturated carbocycles. The maximum absolute atomic E-state index is 12.2. The van der Waals surface area contributed by atoms with Crippen LogP contribution < -0.4 is 10.9 Å². The molecule has 1 aromatic carbocycles. The van der Waals surface area contributed by atoms with Crippen molar-refractivity contribution in [2.24, 2.45) is 0 Å². The Kier molecular flexibility index (Phi) is 6.01. The Morgan fingerprint density at radius 1 is 1.19 bits per heavy atom. The highest BCUT2D eigenvalue weighted by Crippen LogP contribution is 2.38. The number of nitrogens with one attached hydrogen (secondary N) is 1. The van der Waals surface area contributed by atoms with Gasteiger partial charge in [0.2, 0.25) is 5.91 Å². The van der Waals surface area contributed by atoms with Crippen LogP contribution in [0.4, 0.5) is 5.69 Å². The number of ether oxygens (including phenoxy) is 1. The highest BCUT2D eigenvalue weighted by Gasteiger charge is 2.25. The van der Waals surface area contributed by atoms with Crippen molar-refractivity contribution >= 4 is 17.6 Å². The minimum absolute atomic E-state index is 0.153. The summed E-state index contributed by atoms with van der Waals surface area (Å²) in [6.07, 6.45) is 3.93. The van der Waals surface area contributed by atoms with E-state index in [-0.39, 0.29) is 24.0 Å². The van der Waals surface area contributed by atoms with Gasteiger partial charge in [0.25, 0.3) is 5.56 Å². The summed E-state index contributed by atoms with van der Waals surface area (Å²) in [6, 6.07) is 9.64. The Morgan fingerprint density at radius 2 is 1.93 bits per heavy atom. The van der Waals surface area contributed by atoms with Gasteiger partial charge >= 0.3 is 5.97 Å². The number of anilines is 1. The Bertz CT molecular complexity index is 870. The van der Waals surface area contributed by atoms with Crippen LogP contribution in [-0.4, -0.2) is 28.3 Å². The molecule has 1 amide bonds. The predicted molar refractivity (Wildman–Crippen MR) is 101 cm³/mol. The van der Waals surface area contributed by atoms with Crippen molar-refractivity contribution in [1.29, 1.82) is 0 Å². The summed E-state index contributed by atoms with van der Waals surface area (Å²) in [6.45, 7) is 2.27. The topological polar surface area (TPSA) is 90.3 Å². The monoisotopic (exact) mass is 369 g/mol. The van der Waals surface area contributed by atoms with E-state index in [2.05, 4.69) is 10.4 Å². The van der Waals surface area contributed by atoms with Crippen LogP contribution in [0.2, 0.25) is 0 Å². The second-order valence-corrected chi connectivity index (χ2v) is 6.64. The molecule has 2 aromatic rings. The molecule has 0 unspecified atom stereocenters. The quantitative estimate of drug-likeness (QED) is 0.571. The average molecular weight is 369 g/mol. The first kappa shape index (κ1) is 18.8. The highest BCUT2D eigenvalue weighted by atomic mass is 16.5. The van der Waals surface area contributed by atoms with Gasteiger partial charge in [-0.3, -0.25) is 9.59 Å². The molecule has 3 rings (SSSR count). The lowest BCUT2D eigenvalue weighted by molar-refractivity contribution is -0.117. The molecule has 1 aliphatic carbocycles. The summed E-state index contributed by atoms with van der Waals surface area (Å²) in [5.41, 5.74) is 1.52. The third kappa shape index (κ3) is 5.26. The van der Waals surface area contributed by atoms with Gasteiger partial charge in [0.05, 0.1) is 17.9 Å². The maximum atomic E-state index is 12.2. The number of rotatable bonds is 8. The third-order valence-corrected chi connectivity index (χ3v) is 4.31. The maximum Gasteiger partial charge on any atom is 0.338 e. The molecule has 1 heterocycles. The molecule has 0 radical (unpaired) electrons. The second-order valence-electron chi connectivity index (χ2n) is 6.64. The van der Waals surface area contributed by atoms with Crippen LogP contribution >= 0.6 is 0 Å². The van der Waals surface area contributed by atoms with Gasteiger partial charge in [0.15, 0.2) is 0 Å². The number of amides is 1. The molecule has 0 atom stereocenters. The Labute approximate surface area is 157 Å². The van der Waals surface area contributed by atoms with Crippen LogP contribution in [0.15, 0.2) is 41.2 Å². The van der Waals surface area contributed by atoms with Gasteiger partial charge in [-0.25, -0.2) is 9.48 Å². The number of aromatic nitrogens is 2. The van der Waals surface area contributed by atoms with Crippen molar-refractivity contribution in [2.45, 2.75) is 45.1 Å². The zero-order valence-corrected chi connectivity index (χ0v) is 15.3. The first-order valence-corrected chi connectivity index (χ1v) is 9.22. The van der Waals surface area contributed by atoms with E-state index in [1.807, 2.05) is 6.92 Å². The third-order valence-electron chi connectivity index (χ3n) is 4.31. The first-order chi connectivity index (χ1) is 13.1. The average Bonchev–Trinajstić information content (AvgIpc) is 3.49. The second kappa shape index (κ2) is 8.62. The Balaban J connectivity index is 1.57.